The molecular weight excluding hydrogens is 300 g/mol. The summed E-state index contributed by atoms with van der Waals surface area (Å²) in [5, 5.41) is 0. The van der Waals surface area contributed by atoms with Gasteiger partial charge in [-0.25, -0.2) is 4.79 Å². The van der Waals surface area contributed by atoms with E-state index in [0.29, 0.717) is 6.54 Å². The molecule has 0 aromatic heterocycles. The maximum atomic E-state index is 11.6. The molecule has 0 unspecified atom stereocenters. The summed E-state index contributed by atoms with van der Waals surface area (Å²) in [6, 6.07) is 6.36. The molecule has 2 rings (SSSR count). The molecule has 1 aromatic carbocycles. The van der Waals surface area contributed by atoms with Gasteiger partial charge in [0, 0.05) is 37.6 Å². The van der Waals surface area contributed by atoms with Gasteiger partial charge in [0.1, 0.15) is 5.75 Å². The number of ether oxygens (including phenoxy) is 2. The third-order valence-corrected chi connectivity index (χ3v) is 4.65. The number of thioether (sulfide) groups is 1. The van der Waals surface area contributed by atoms with Gasteiger partial charge in [0.25, 0.3) is 0 Å². The number of carbonyl (C=O) groups excluding carboxylic acids is 1. The Morgan fingerprint density at radius 3 is 2.73 bits per heavy atom. The fourth-order valence-electron chi connectivity index (χ4n) is 2.68. The second-order valence-corrected chi connectivity index (χ2v) is 6.12. The molecule has 1 aliphatic heterocycles. The molecule has 0 aliphatic carbocycles. The SMILES string of the molecule is COC(=O)N1CCCN(Cc2ccc(SC)c(OC)c2)CC1. The number of benzene rings is 1. The molecule has 122 valence electrons. The van der Waals surface area contributed by atoms with Gasteiger partial charge in [0.05, 0.1) is 14.2 Å². The van der Waals surface area contributed by atoms with Gasteiger partial charge >= 0.3 is 6.09 Å². The average Bonchev–Trinajstić information content (AvgIpc) is 2.79. The summed E-state index contributed by atoms with van der Waals surface area (Å²) in [5.74, 6) is 0.927. The molecule has 6 heteroatoms. The van der Waals surface area contributed by atoms with Crippen molar-refractivity contribution in [3.05, 3.63) is 23.8 Å². The van der Waals surface area contributed by atoms with Gasteiger partial charge < -0.3 is 14.4 Å². The molecule has 1 amide bonds. The van der Waals surface area contributed by atoms with Crippen molar-refractivity contribution in [3.63, 3.8) is 0 Å². The topological polar surface area (TPSA) is 42.0 Å². The molecule has 1 heterocycles. The first-order chi connectivity index (χ1) is 10.7. The fourth-order valence-corrected chi connectivity index (χ4v) is 3.23. The van der Waals surface area contributed by atoms with Crippen molar-refractivity contribution < 1.29 is 14.3 Å². The maximum absolute atomic E-state index is 11.6. The predicted molar refractivity (Wildman–Crippen MR) is 88.6 cm³/mol. The number of carbonyl (C=O) groups is 1. The number of hydrogen-bond donors (Lipinski definition) is 0. The lowest BCUT2D eigenvalue weighted by molar-refractivity contribution is 0.124. The smallest absolute Gasteiger partial charge is 0.409 e. The Morgan fingerprint density at radius 2 is 2.05 bits per heavy atom. The highest BCUT2D eigenvalue weighted by molar-refractivity contribution is 7.98. The molecule has 0 atom stereocenters. The second kappa shape index (κ2) is 8.29. The largest absolute Gasteiger partial charge is 0.496 e. The molecule has 1 aliphatic rings. The van der Waals surface area contributed by atoms with Crippen molar-refractivity contribution >= 4 is 17.9 Å². The third-order valence-electron chi connectivity index (χ3n) is 3.88. The summed E-state index contributed by atoms with van der Waals surface area (Å²) >= 11 is 1.69. The Labute approximate surface area is 136 Å². The normalized spacial score (nSPS) is 16.2. The van der Waals surface area contributed by atoms with Crippen LogP contribution in [-0.4, -0.2) is 62.5 Å². The fraction of sp³-hybridized carbons (Fsp3) is 0.562. The average molecular weight is 324 g/mol. The van der Waals surface area contributed by atoms with Gasteiger partial charge in [-0.15, -0.1) is 11.8 Å². The molecule has 0 N–H and O–H groups in total. The van der Waals surface area contributed by atoms with Crippen LogP contribution in [0.15, 0.2) is 23.1 Å². The monoisotopic (exact) mass is 324 g/mol. The molecule has 22 heavy (non-hydrogen) atoms. The van der Waals surface area contributed by atoms with E-state index in [1.165, 1.54) is 12.7 Å². The summed E-state index contributed by atoms with van der Waals surface area (Å²) < 4.78 is 10.2. The highest BCUT2D eigenvalue weighted by Crippen LogP contribution is 2.28. The van der Waals surface area contributed by atoms with Crippen LogP contribution in [0.4, 0.5) is 4.79 Å². The van der Waals surface area contributed by atoms with Crippen LogP contribution >= 0.6 is 11.8 Å². The zero-order valence-electron chi connectivity index (χ0n) is 13.5. The first-order valence-electron chi connectivity index (χ1n) is 7.44. The van der Waals surface area contributed by atoms with Crippen LogP contribution in [0.2, 0.25) is 0 Å². The Morgan fingerprint density at radius 1 is 1.23 bits per heavy atom. The summed E-state index contributed by atoms with van der Waals surface area (Å²) in [5.41, 5.74) is 1.24. The van der Waals surface area contributed by atoms with Crippen LogP contribution in [-0.2, 0) is 11.3 Å². The second-order valence-electron chi connectivity index (χ2n) is 5.28. The summed E-state index contributed by atoms with van der Waals surface area (Å²) in [6.07, 6.45) is 2.79. The van der Waals surface area contributed by atoms with Crippen molar-refractivity contribution in [2.45, 2.75) is 17.9 Å². The quantitative estimate of drug-likeness (QED) is 0.797. The summed E-state index contributed by atoms with van der Waals surface area (Å²) in [4.78, 5) is 16.9. The van der Waals surface area contributed by atoms with Crippen LogP contribution in [0.3, 0.4) is 0 Å². The van der Waals surface area contributed by atoms with Crippen LogP contribution in [0.25, 0.3) is 0 Å². The van der Waals surface area contributed by atoms with E-state index in [4.69, 9.17) is 9.47 Å². The molecule has 0 bridgehead atoms. The van der Waals surface area contributed by atoms with Gasteiger partial charge in [-0.2, -0.15) is 0 Å². The lowest BCUT2D eigenvalue weighted by Crippen LogP contribution is -2.34. The van der Waals surface area contributed by atoms with Gasteiger partial charge in [-0.3, -0.25) is 4.90 Å². The summed E-state index contributed by atoms with van der Waals surface area (Å²) in [6.45, 7) is 4.20. The number of nitrogens with zero attached hydrogens (tertiary/aromatic N) is 2. The van der Waals surface area contributed by atoms with Crippen molar-refractivity contribution in [2.24, 2.45) is 0 Å². The number of hydrogen-bond acceptors (Lipinski definition) is 5. The number of methoxy groups -OCH3 is 2. The van der Waals surface area contributed by atoms with Crippen LogP contribution in [0, 0.1) is 0 Å². The van der Waals surface area contributed by atoms with Crippen molar-refractivity contribution in [1.29, 1.82) is 0 Å². The number of rotatable bonds is 4. The van der Waals surface area contributed by atoms with Gasteiger partial charge in [-0.1, -0.05) is 6.07 Å². The zero-order valence-corrected chi connectivity index (χ0v) is 14.3. The standard InChI is InChI=1S/C16H24N2O3S/c1-20-14-11-13(5-6-15(14)22-3)12-17-7-4-8-18(10-9-17)16(19)21-2/h5-6,11H,4,7-10,12H2,1-3H3. The first-order valence-corrected chi connectivity index (χ1v) is 8.66. The summed E-state index contributed by atoms with van der Waals surface area (Å²) in [7, 11) is 3.14. The molecule has 0 radical (unpaired) electrons. The van der Waals surface area contributed by atoms with E-state index in [9.17, 15) is 4.79 Å². The van der Waals surface area contributed by atoms with E-state index in [0.717, 1.165) is 43.2 Å². The zero-order chi connectivity index (χ0) is 15.9. The van der Waals surface area contributed by atoms with E-state index in [2.05, 4.69) is 23.1 Å². The minimum atomic E-state index is -0.229. The van der Waals surface area contributed by atoms with Crippen LogP contribution in [0.1, 0.15) is 12.0 Å². The third kappa shape index (κ3) is 4.30. The van der Waals surface area contributed by atoms with E-state index < -0.39 is 0 Å². The first kappa shape index (κ1) is 17.0. The van der Waals surface area contributed by atoms with E-state index in [-0.39, 0.29) is 6.09 Å². The Balaban J connectivity index is 1.97. The Hall–Kier alpha value is -1.40. The van der Waals surface area contributed by atoms with Crippen molar-refractivity contribution in [1.82, 2.24) is 9.80 Å². The molecule has 1 aromatic rings. The van der Waals surface area contributed by atoms with Gasteiger partial charge in [0.2, 0.25) is 0 Å². The minimum Gasteiger partial charge on any atom is -0.496 e. The Kier molecular flexibility index (Phi) is 6.39. The molecule has 0 saturated carbocycles. The lowest BCUT2D eigenvalue weighted by Gasteiger charge is -2.21. The van der Waals surface area contributed by atoms with Gasteiger partial charge in [-0.05, 0) is 30.4 Å². The van der Waals surface area contributed by atoms with Crippen LogP contribution < -0.4 is 4.74 Å². The van der Waals surface area contributed by atoms with Crippen LogP contribution in [0.5, 0.6) is 5.75 Å². The molecule has 1 fully saturated rings. The Bertz CT molecular complexity index is 510. The van der Waals surface area contributed by atoms with E-state index in [1.54, 1.807) is 23.8 Å². The number of amides is 1. The van der Waals surface area contributed by atoms with E-state index in [1.807, 2.05) is 6.26 Å². The predicted octanol–water partition coefficient (Wildman–Crippen LogP) is 2.69. The highest BCUT2D eigenvalue weighted by atomic mass is 32.2. The van der Waals surface area contributed by atoms with Crippen molar-refractivity contribution in [2.75, 3.05) is 46.7 Å². The highest BCUT2D eigenvalue weighted by Gasteiger charge is 2.19. The molecular formula is C16H24N2O3S. The van der Waals surface area contributed by atoms with Crippen molar-refractivity contribution in [3.8, 4) is 5.75 Å². The maximum Gasteiger partial charge on any atom is 0.409 e. The molecule has 5 nitrogen and oxygen atoms in total. The molecule has 0 spiro atoms. The minimum absolute atomic E-state index is 0.229. The van der Waals surface area contributed by atoms with E-state index >= 15 is 0 Å². The van der Waals surface area contributed by atoms with Gasteiger partial charge in [0.15, 0.2) is 0 Å². The lowest BCUT2D eigenvalue weighted by atomic mass is 10.2. The molecule has 1 saturated heterocycles.